The molecule has 0 aromatic carbocycles. The lowest BCUT2D eigenvalue weighted by molar-refractivity contribution is 0.481. The largest absolute Gasteiger partial charge is 0.286 e. The van der Waals surface area contributed by atoms with E-state index in [4.69, 9.17) is 4.55 Å². The van der Waals surface area contributed by atoms with Crippen LogP contribution in [0, 0.1) is 0 Å². The van der Waals surface area contributed by atoms with Crippen molar-refractivity contribution in [1.29, 1.82) is 0 Å². The van der Waals surface area contributed by atoms with E-state index in [0.29, 0.717) is 6.42 Å². The molecule has 102 valence electrons. The van der Waals surface area contributed by atoms with Crippen LogP contribution in [0.4, 0.5) is 0 Å². The Morgan fingerprint density at radius 2 is 1.41 bits per heavy atom. The van der Waals surface area contributed by atoms with Crippen molar-refractivity contribution in [3.05, 3.63) is 12.2 Å². The molecule has 17 heavy (non-hydrogen) atoms. The number of unbranched alkanes of at least 4 members (excludes halogenated alkanes) is 7. The van der Waals surface area contributed by atoms with Crippen molar-refractivity contribution in [2.45, 2.75) is 64.7 Å². The number of hydrogen-bond acceptors (Lipinski definition) is 2. The lowest BCUT2D eigenvalue weighted by Crippen LogP contribution is -2.02. The lowest BCUT2D eigenvalue weighted by atomic mass is 10.1. The van der Waals surface area contributed by atoms with Gasteiger partial charge in [0.05, 0.1) is 5.75 Å². The summed E-state index contributed by atoms with van der Waals surface area (Å²) in [4.78, 5) is 0. The smallest absolute Gasteiger partial charge is 0.264 e. The zero-order chi connectivity index (χ0) is 13.0. The summed E-state index contributed by atoms with van der Waals surface area (Å²) in [5, 5.41) is 0. The second-order valence-electron chi connectivity index (χ2n) is 4.46. The van der Waals surface area contributed by atoms with Gasteiger partial charge in [0.15, 0.2) is 0 Å². The second kappa shape index (κ2) is 10.8. The van der Waals surface area contributed by atoms with Crippen molar-refractivity contribution >= 4 is 10.1 Å². The predicted octanol–water partition coefficient (Wildman–Crippen LogP) is 3.96. The molecule has 0 aliphatic carbocycles. The van der Waals surface area contributed by atoms with Crippen LogP contribution in [0.5, 0.6) is 0 Å². The fraction of sp³-hybridized carbons (Fsp3) is 0.846. The third kappa shape index (κ3) is 15.6. The van der Waals surface area contributed by atoms with Crippen molar-refractivity contribution < 1.29 is 13.0 Å². The lowest BCUT2D eigenvalue weighted by Gasteiger charge is -1.97. The van der Waals surface area contributed by atoms with Crippen LogP contribution in [0.1, 0.15) is 64.7 Å². The maximum atomic E-state index is 10.4. The Labute approximate surface area is 106 Å². The third-order valence-electron chi connectivity index (χ3n) is 2.66. The van der Waals surface area contributed by atoms with Crippen molar-refractivity contribution in [3.63, 3.8) is 0 Å². The van der Waals surface area contributed by atoms with Crippen molar-refractivity contribution in [1.82, 2.24) is 0 Å². The molecule has 0 aromatic rings. The van der Waals surface area contributed by atoms with E-state index in [2.05, 4.69) is 13.0 Å². The normalized spacial score (nSPS) is 12.4. The van der Waals surface area contributed by atoms with Crippen LogP contribution in [0.15, 0.2) is 12.2 Å². The standard InChI is InChI=1S/C13H26O3S/c1-2-3-4-5-6-7-8-9-10-11-12-13-17(14,15)16/h9-10H,2-8,11-13H2,1H3,(H,14,15,16)/b10-9+. The van der Waals surface area contributed by atoms with Crippen LogP contribution >= 0.6 is 0 Å². The average Bonchev–Trinajstić information content (AvgIpc) is 2.24. The van der Waals surface area contributed by atoms with Crippen LogP contribution < -0.4 is 0 Å². The average molecular weight is 262 g/mol. The van der Waals surface area contributed by atoms with Gasteiger partial charge in [-0.25, -0.2) is 0 Å². The fourth-order valence-corrected chi connectivity index (χ4v) is 2.19. The molecule has 0 spiro atoms. The van der Waals surface area contributed by atoms with Gasteiger partial charge in [0.1, 0.15) is 0 Å². The van der Waals surface area contributed by atoms with E-state index in [-0.39, 0.29) is 5.75 Å². The fourth-order valence-electron chi connectivity index (χ4n) is 1.66. The molecular weight excluding hydrogens is 236 g/mol. The maximum absolute atomic E-state index is 10.4. The molecule has 0 saturated carbocycles. The molecule has 1 N–H and O–H groups in total. The molecule has 3 nitrogen and oxygen atoms in total. The first-order valence-corrected chi connectivity index (χ1v) is 8.27. The molecule has 0 unspecified atom stereocenters. The summed E-state index contributed by atoms with van der Waals surface area (Å²) in [6.07, 6.45) is 14.2. The molecule has 0 bridgehead atoms. The van der Waals surface area contributed by atoms with Crippen LogP contribution in [0.3, 0.4) is 0 Å². The first kappa shape index (κ1) is 16.6. The molecule has 0 rings (SSSR count). The Bertz CT molecular complexity index is 281. The number of rotatable bonds is 11. The van der Waals surface area contributed by atoms with E-state index in [0.717, 1.165) is 12.8 Å². The van der Waals surface area contributed by atoms with Gasteiger partial charge < -0.3 is 0 Å². The van der Waals surface area contributed by atoms with Gasteiger partial charge in [-0.1, -0.05) is 51.2 Å². The summed E-state index contributed by atoms with van der Waals surface area (Å²) in [5.41, 5.74) is 0. The van der Waals surface area contributed by atoms with Crippen LogP contribution in [0.2, 0.25) is 0 Å². The molecule has 0 heterocycles. The van der Waals surface area contributed by atoms with E-state index in [1.54, 1.807) is 0 Å². The molecule has 0 aromatic heterocycles. The maximum Gasteiger partial charge on any atom is 0.264 e. The van der Waals surface area contributed by atoms with Crippen molar-refractivity contribution in [2.75, 3.05) is 5.75 Å². The summed E-state index contributed by atoms with van der Waals surface area (Å²) < 4.78 is 29.4. The van der Waals surface area contributed by atoms with Crippen LogP contribution in [0.25, 0.3) is 0 Å². The van der Waals surface area contributed by atoms with Gasteiger partial charge in [-0.3, -0.25) is 4.55 Å². The Morgan fingerprint density at radius 3 is 2.00 bits per heavy atom. The molecule has 4 heteroatoms. The predicted molar refractivity (Wildman–Crippen MR) is 72.8 cm³/mol. The van der Waals surface area contributed by atoms with Gasteiger partial charge >= 0.3 is 0 Å². The monoisotopic (exact) mass is 262 g/mol. The summed E-state index contributed by atoms with van der Waals surface area (Å²) in [5.74, 6) is -0.131. The zero-order valence-electron chi connectivity index (χ0n) is 10.9. The molecule has 0 amide bonds. The second-order valence-corrected chi connectivity index (χ2v) is 6.03. The molecule has 0 radical (unpaired) electrons. The molecule has 0 atom stereocenters. The highest BCUT2D eigenvalue weighted by atomic mass is 32.2. The minimum Gasteiger partial charge on any atom is -0.286 e. The third-order valence-corrected chi connectivity index (χ3v) is 3.47. The van der Waals surface area contributed by atoms with Crippen LogP contribution in [-0.4, -0.2) is 18.7 Å². The molecule has 0 fully saturated rings. The van der Waals surface area contributed by atoms with E-state index in [9.17, 15) is 8.42 Å². The SMILES string of the molecule is CCCCCCCC/C=C/CCCS(=O)(=O)O. The number of hydrogen-bond donors (Lipinski definition) is 1. The highest BCUT2D eigenvalue weighted by Gasteiger charge is 2.01. The van der Waals surface area contributed by atoms with Gasteiger partial charge in [0.2, 0.25) is 0 Å². The topological polar surface area (TPSA) is 54.4 Å². The first-order valence-electron chi connectivity index (χ1n) is 6.66. The highest BCUT2D eigenvalue weighted by molar-refractivity contribution is 7.85. The Morgan fingerprint density at radius 1 is 0.882 bits per heavy atom. The van der Waals surface area contributed by atoms with Gasteiger partial charge in [0, 0.05) is 0 Å². The van der Waals surface area contributed by atoms with Crippen molar-refractivity contribution in [3.8, 4) is 0 Å². The van der Waals surface area contributed by atoms with Gasteiger partial charge in [-0.2, -0.15) is 8.42 Å². The van der Waals surface area contributed by atoms with Crippen molar-refractivity contribution in [2.24, 2.45) is 0 Å². The molecule has 0 aliphatic rings. The van der Waals surface area contributed by atoms with E-state index in [1.807, 2.05) is 6.08 Å². The van der Waals surface area contributed by atoms with E-state index < -0.39 is 10.1 Å². The highest BCUT2D eigenvalue weighted by Crippen LogP contribution is 2.07. The van der Waals surface area contributed by atoms with Gasteiger partial charge in [-0.05, 0) is 25.7 Å². The van der Waals surface area contributed by atoms with Crippen LogP contribution in [-0.2, 0) is 10.1 Å². The summed E-state index contributed by atoms with van der Waals surface area (Å²) >= 11 is 0. The minimum atomic E-state index is -3.77. The summed E-state index contributed by atoms with van der Waals surface area (Å²) in [6.45, 7) is 2.22. The first-order chi connectivity index (χ1) is 8.06. The Kier molecular flexibility index (Phi) is 10.6. The molecule has 0 aliphatic heterocycles. The minimum absolute atomic E-state index is 0.131. The zero-order valence-corrected chi connectivity index (χ0v) is 11.7. The van der Waals surface area contributed by atoms with Gasteiger partial charge in [-0.15, -0.1) is 0 Å². The quantitative estimate of drug-likeness (QED) is 0.348. The summed E-state index contributed by atoms with van der Waals surface area (Å²) in [7, 11) is -3.77. The Balaban J connectivity index is 3.20. The molecular formula is C13H26O3S. The summed E-state index contributed by atoms with van der Waals surface area (Å²) in [6, 6.07) is 0. The Hall–Kier alpha value is -0.350. The van der Waals surface area contributed by atoms with E-state index >= 15 is 0 Å². The number of allylic oxidation sites excluding steroid dienone is 2. The van der Waals surface area contributed by atoms with E-state index in [1.165, 1.54) is 38.5 Å². The van der Waals surface area contributed by atoms with Gasteiger partial charge in [0.25, 0.3) is 10.1 Å². The molecule has 0 saturated heterocycles.